The standard InChI is InChI=1S/C23H23N3O5S/c1-15-21-18(25-26-32(28,29)16-9-4-3-5-10-16)12-8-14-20(21)31-22(15)23(27)24-17-11-6-7-13-19(17)30-2/h3-7,9-11,13,26H,8,12,14H2,1-2H3,(H,24,27)/b25-18+. The zero-order valence-corrected chi connectivity index (χ0v) is 18.5. The van der Waals surface area contributed by atoms with Crippen LogP contribution in [0.5, 0.6) is 5.75 Å². The highest BCUT2D eigenvalue weighted by Gasteiger charge is 2.28. The van der Waals surface area contributed by atoms with E-state index in [4.69, 9.17) is 9.15 Å². The highest BCUT2D eigenvalue weighted by Crippen LogP contribution is 2.31. The minimum Gasteiger partial charge on any atom is -0.495 e. The lowest BCUT2D eigenvalue weighted by atomic mass is 9.93. The first-order valence-corrected chi connectivity index (χ1v) is 11.6. The summed E-state index contributed by atoms with van der Waals surface area (Å²) in [5.74, 6) is 0.913. The summed E-state index contributed by atoms with van der Waals surface area (Å²) in [7, 11) is -2.27. The lowest BCUT2D eigenvalue weighted by molar-refractivity contribution is 0.0993. The molecule has 4 rings (SSSR count). The average Bonchev–Trinajstić information content (AvgIpc) is 3.16. The van der Waals surface area contributed by atoms with Gasteiger partial charge in [-0.25, -0.2) is 0 Å². The van der Waals surface area contributed by atoms with Crippen molar-refractivity contribution in [3.63, 3.8) is 0 Å². The van der Waals surface area contributed by atoms with E-state index in [1.807, 2.05) is 6.07 Å². The Kier molecular flexibility index (Phi) is 6.00. The average molecular weight is 454 g/mol. The summed E-state index contributed by atoms with van der Waals surface area (Å²) in [6.07, 6.45) is 1.94. The predicted molar refractivity (Wildman–Crippen MR) is 121 cm³/mol. The third-order valence-corrected chi connectivity index (χ3v) is 6.47. The number of ether oxygens (including phenoxy) is 1. The first-order valence-electron chi connectivity index (χ1n) is 10.1. The number of fused-ring (bicyclic) bond motifs is 1. The number of carbonyl (C=O) groups excluding carboxylic acids is 1. The Hall–Kier alpha value is -3.59. The van der Waals surface area contributed by atoms with Crippen molar-refractivity contribution in [3.8, 4) is 5.75 Å². The van der Waals surface area contributed by atoms with Crippen LogP contribution in [0.4, 0.5) is 5.69 Å². The number of para-hydroxylation sites is 2. The quantitative estimate of drug-likeness (QED) is 0.551. The SMILES string of the molecule is COc1ccccc1NC(=O)c1oc2c(c1C)/C(=N/NS(=O)(=O)c1ccccc1)CCC2. The van der Waals surface area contributed by atoms with Gasteiger partial charge in [0, 0.05) is 17.5 Å². The van der Waals surface area contributed by atoms with Gasteiger partial charge in [-0.1, -0.05) is 30.3 Å². The summed E-state index contributed by atoms with van der Waals surface area (Å²) in [6.45, 7) is 1.77. The van der Waals surface area contributed by atoms with Crippen LogP contribution in [0.3, 0.4) is 0 Å². The first-order chi connectivity index (χ1) is 15.4. The van der Waals surface area contributed by atoms with Crippen molar-refractivity contribution in [1.29, 1.82) is 0 Å². The molecular formula is C23H23N3O5S. The molecule has 0 saturated carbocycles. The fourth-order valence-electron chi connectivity index (χ4n) is 3.69. The van der Waals surface area contributed by atoms with Gasteiger partial charge in [0.05, 0.1) is 23.4 Å². The highest BCUT2D eigenvalue weighted by atomic mass is 32.2. The van der Waals surface area contributed by atoms with Crippen LogP contribution in [0.2, 0.25) is 0 Å². The lowest BCUT2D eigenvalue weighted by Crippen LogP contribution is -2.22. The molecule has 166 valence electrons. The topological polar surface area (TPSA) is 110 Å². The second-order valence-electron chi connectivity index (χ2n) is 7.33. The molecule has 0 radical (unpaired) electrons. The van der Waals surface area contributed by atoms with Gasteiger partial charge in [0.25, 0.3) is 15.9 Å². The van der Waals surface area contributed by atoms with Crippen LogP contribution in [0, 0.1) is 6.92 Å². The second kappa shape index (κ2) is 8.88. The van der Waals surface area contributed by atoms with Crippen LogP contribution in [-0.2, 0) is 16.4 Å². The molecule has 0 atom stereocenters. The maximum Gasteiger partial charge on any atom is 0.291 e. The van der Waals surface area contributed by atoms with Gasteiger partial charge in [0.1, 0.15) is 11.5 Å². The number of amides is 1. The van der Waals surface area contributed by atoms with E-state index in [0.29, 0.717) is 46.9 Å². The van der Waals surface area contributed by atoms with E-state index in [0.717, 1.165) is 6.42 Å². The van der Waals surface area contributed by atoms with Crippen LogP contribution in [0.25, 0.3) is 0 Å². The largest absolute Gasteiger partial charge is 0.495 e. The minimum atomic E-state index is -3.79. The summed E-state index contributed by atoms with van der Waals surface area (Å²) in [5, 5.41) is 7.00. The number of nitrogens with one attached hydrogen (secondary N) is 2. The van der Waals surface area contributed by atoms with Gasteiger partial charge in [0.15, 0.2) is 5.76 Å². The summed E-state index contributed by atoms with van der Waals surface area (Å²) >= 11 is 0. The van der Waals surface area contributed by atoms with Gasteiger partial charge in [-0.15, -0.1) is 0 Å². The number of rotatable bonds is 6. The fourth-order valence-corrected chi connectivity index (χ4v) is 4.54. The molecule has 2 aromatic carbocycles. The minimum absolute atomic E-state index is 0.126. The van der Waals surface area contributed by atoms with Gasteiger partial charge >= 0.3 is 0 Å². The molecule has 0 spiro atoms. The summed E-state index contributed by atoms with van der Waals surface area (Å²) < 4.78 is 36.2. The van der Waals surface area contributed by atoms with E-state index in [-0.39, 0.29) is 10.7 Å². The van der Waals surface area contributed by atoms with Crippen molar-refractivity contribution in [3.05, 3.63) is 77.2 Å². The normalized spacial score (nSPS) is 14.6. The molecule has 1 amide bonds. The number of hydrazone groups is 1. The van der Waals surface area contributed by atoms with E-state index in [1.54, 1.807) is 43.3 Å². The van der Waals surface area contributed by atoms with Gasteiger partial charge in [0.2, 0.25) is 0 Å². The zero-order valence-electron chi connectivity index (χ0n) is 17.7. The van der Waals surface area contributed by atoms with Gasteiger partial charge in [-0.2, -0.15) is 18.4 Å². The highest BCUT2D eigenvalue weighted by molar-refractivity contribution is 7.89. The number of anilines is 1. The molecule has 0 unspecified atom stereocenters. The predicted octanol–water partition coefficient (Wildman–Crippen LogP) is 3.87. The molecule has 8 nitrogen and oxygen atoms in total. The number of sulfonamides is 1. The molecule has 0 saturated heterocycles. The monoisotopic (exact) mass is 453 g/mol. The molecule has 0 bridgehead atoms. The molecule has 3 aromatic rings. The number of carbonyl (C=O) groups is 1. The Morgan fingerprint density at radius 3 is 2.53 bits per heavy atom. The summed E-state index contributed by atoms with van der Waals surface area (Å²) in [4.78, 5) is 15.4. The van der Waals surface area contributed by atoms with Gasteiger partial charge < -0.3 is 14.5 Å². The van der Waals surface area contributed by atoms with Crippen LogP contribution in [0.15, 0.2) is 69.0 Å². The molecule has 9 heteroatoms. The van der Waals surface area contributed by atoms with Crippen molar-refractivity contribution >= 4 is 27.3 Å². The Balaban J connectivity index is 1.62. The molecule has 1 aromatic heterocycles. The number of nitrogens with zero attached hydrogens (tertiary/aromatic N) is 1. The number of benzene rings is 2. The maximum absolute atomic E-state index is 12.9. The first kappa shape index (κ1) is 21.6. The maximum atomic E-state index is 12.9. The van der Waals surface area contributed by atoms with E-state index in [1.165, 1.54) is 19.2 Å². The number of hydrogen-bond acceptors (Lipinski definition) is 6. The van der Waals surface area contributed by atoms with Gasteiger partial charge in [-0.05, 0) is 44.0 Å². The van der Waals surface area contributed by atoms with Crippen LogP contribution in [0.1, 0.15) is 40.3 Å². The van der Waals surface area contributed by atoms with E-state index >= 15 is 0 Å². The smallest absolute Gasteiger partial charge is 0.291 e. The number of aryl methyl sites for hydroxylation is 1. The third kappa shape index (κ3) is 4.24. The summed E-state index contributed by atoms with van der Waals surface area (Å²) in [6, 6.07) is 15.1. The molecule has 32 heavy (non-hydrogen) atoms. The van der Waals surface area contributed by atoms with Crippen molar-refractivity contribution in [2.45, 2.75) is 31.1 Å². The Labute approximate surface area is 186 Å². The Morgan fingerprint density at radius 1 is 1.06 bits per heavy atom. The Bertz CT molecular complexity index is 1280. The summed E-state index contributed by atoms with van der Waals surface area (Å²) in [5.41, 5.74) is 2.36. The third-order valence-electron chi connectivity index (χ3n) is 5.24. The fraction of sp³-hybridized carbons (Fsp3) is 0.217. The van der Waals surface area contributed by atoms with Gasteiger partial charge in [-0.3, -0.25) is 4.79 Å². The number of furan rings is 1. The Morgan fingerprint density at radius 2 is 1.78 bits per heavy atom. The molecule has 1 aliphatic rings. The second-order valence-corrected chi connectivity index (χ2v) is 8.99. The van der Waals surface area contributed by atoms with Crippen molar-refractivity contribution in [2.24, 2.45) is 5.10 Å². The lowest BCUT2D eigenvalue weighted by Gasteiger charge is -2.14. The zero-order chi connectivity index (χ0) is 22.7. The molecule has 0 fully saturated rings. The molecular weight excluding hydrogens is 430 g/mol. The van der Waals surface area contributed by atoms with E-state index in [2.05, 4.69) is 15.2 Å². The molecule has 1 aliphatic carbocycles. The van der Waals surface area contributed by atoms with Crippen LogP contribution in [-0.4, -0.2) is 27.1 Å². The van der Waals surface area contributed by atoms with E-state index in [9.17, 15) is 13.2 Å². The molecule has 0 aliphatic heterocycles. The van der Waals surface area contributed by atoms with Crippen molar-refractivity contribution in [2.75, 3.05) is 12.4 Å². The van der Waals surface area contributed by atoms with E-state index < -0.39 is 15.9 Å². The van der Waals surface area contributed by atoms with Crippen LogP contribution < -0.4 is 14.9 Å². The molecule has 1 heterocycles. The molecule has 2 N–H and O–H groups in total. The van der Waals surface area contributed by atoms with Crippen molar-refractivity contribution < 1.29 is 22.4 Å². The van der Waals surface area contributed by atoms with Crippen LogP contribution >= 0.6 is 0 Å². The van der Waals surface area contributed by atoms with Crippen molar-refractivity contribution in [1.82, 2.24) is 4.83 Å². The number of hydrogen-bond donors (Lipinski definition) is 2. The number of methoxy groups -OCH3 is 1.